The first-order valence-corrected chi connectivity index (χ1v) is 7.60. The highest BCUT2D eigenvalue weighted by Crippen LogP contribution is 2.27. The molecule has 0 radical (unpaired) electrons. The zero-order valence-corrected chi connectivity index (χ0v) is 12.5. The maximum Gasteiger partial charge on any atom is 0.0669 e. The number of aliphatic hydroxyl groups is 1. The average molecular weight is 296 g/mol. The molecular formula is C15H18ClNOS. The maximum absolute atomic E-state index is 9.84. The van der Waals surface area contributed by atoms with Crippen molar-refractivity contribution in [3.63, 3.8) is 0 Å². The number of rotatable bonds is 6. The molecule has 1 aromatic heterocycles. The summed E-state index contributed by atoms with van der Waals surface area (Å²) in [5.74, 6) is 0. The van der Waals surface area contributed by atoms with Crippen LogP contribution in [-0.4, -0.2) is 11.7 Å². The molecule has 1 unspecified atom stereocenters. The van der Waals surface area contributed by atoms with Gasteiger partial charge in [-0.15, -0.1) is 11.3 Å². The smallest absolute Gasteiger partial charge is 0.0669 e. The van der Waals surface area contributed by atoms with Crippen molar-refractivity contribution in [3.05, 3.63) is 57.2 Å². The monoisotopic (exact) mass is 295 g/mol. The lowest BCUT2D eigenvalue weighted by atomic mass is 9.88. The molecule has 1 heterocycles. The van der Waals surface area contributed by atoms with E-state index in [-0.39, 0.29) is 6.61 Å². The molecular weight excluding hydrogens is 278 g/mol. The summed E-state index contributed by atoms with van der Waals surface area (Å²) >= 11 is 7.64. The Morgan fingerprint density at radius 3 is 2.53 bits per heavy atom. The normalized spacial score (nSPS) is 14.3. The molecule has 1 aromatic carbocycles. The van der Waals surface area contributed by atoms with E-state index in [4.69, 9.17) is 11.6 Å². The van der Waals surface area contributed by atoms with Gasteiger partial charge in [-0.05, 0) is 35.6 Å². The summed E-state index contributed by atoms with van der Waals surface area (Å²) in [4.78, 5) is 1.26. The second kappa shape index (κ2) is 6.53. The van der Waals surface area contributed by atoms with Crippen molar-refractivity contribution in [3.8, 4) is 0 Å². The van der Waals surface area contributed by atoms with E-state index in [0.717, 1.165) is 18.5 Å². The molecule has 2 rings (SSSR count). The molecule has 2 aromatic rings. The van der Waals surface area contributed by atoms with Gasteiger partial charge in [-0.25, -0.2) is 0 Å². The zero-order valence-electron chi connectivity index (χ0n) is 10.9. The molecule has 1 atom stereocenters. The molecule has 2 nitrogen and oxygen atoms in total. The molecule has 4 heteroatoms. The van der Waals surface area contributed by atoms with Crippen LogP contribution < -0.4 is 5.32 Å². The first-order chi connectivity index (χ1) is 9.20. The van der Waals surface area contributed by atoms with E-state index in [9.17, 15) is 5.11 Å². The van der Waals surface area contributed by atoms with Gasteiger partial charge >= 0.3 is 0 Å². The highest BCUT2D eigenvalue weighted by molar-refractivity contribution is 7.09. The van der Waals surface area contributed by atoms with Gasteiger partial charge in [0.2, 0.25) is 0 Å². The van der Waals surface area contributed by atoms with Crippen LogP contribution in [0.2, 0.25) is 5.02 Å². The second-order valence-corrected chi connectivity index (χ2v) is 6.00. The van der Waals surface area contributed by atoms with Gasteiger partial charge in [0.15, 0.2) is 0 Å². The largest absolute Gasteiger partial charge is 0.394 e. The van der Waals surface area contributed by atoms with Gasteiger partial charge in [0.05, 0.1) is 12.1 Å². The summed E-state index contributed by atoms with van der Waals surface area (Å²) in [6.45, 7) is 2.90. The quantitative estimate of drug-likeness (QED) is 0.850. The summed E-state index contributed by atoms with van der Waals surface area (Å²) in [6.07, 6.45) is 0.816. The predicted molar refractivity (Wildman–Crippen MR) is 81.7 cm³/mol. The number of benzene rings is 1. The van der Waals surface area contributed by atoms with Gasteiger partial charge in [0.25, 0.3) is 0 Å². The van der Waals surface area contributed by atoms with Crippen molar-refractivity contribution >= 4 is 22.9 Å². The van der Waals surface area contributed by atoms with Gasteiger partial charge in [0.1, 0.15) is 0 Å². The van der Waals surface area contributed by atoms with E-state index in [0.29, 0.717) is 5.02 Å². The number of hydrogen-bond acceptors (Lipinski definition) is 3. The van der Waals surface area contributed by atoms with Crippen molar-refractivity contribution in [1.29, 1.82) is 0 Å². The molecule has 0 aliphatic carbocycles. The Kier molecular flexibility index (Phi) is 4.99. The number of halogens is 1. The SMILES string of the molecule is CCC(CO)(NCc1cccs1)c1ccc(Cl)cc1. The van der Waals surface area contributed by atoms with Crippen molar-refractivity contribution in [2.45, 2.75) is 25.4 Å². The van der Waals surface area contributed by atoms with Crippen LogP contribution in [0.4, 0.5) is 0 Å². The third kappa shape index (κ3) is 3.37. The van der Waals surface area contributed by atoms with Gasteiger partial charge in [-0.1, -0.05) is 36.7 Å². The standard InChI is InChI=1S/C15H18ClNOS/c1-2-15(11-18,12-5-7-13(16)8-6-12)17-10-14-4-3-9-19-14/h3-9,17-18H,2,10-11H2,1H3. The summed E-state index contributed by atoms with van der Waals surface area (Å²) < 4.78 is 0. The number of hydrogen-bond donors (Lipinski definition) is 2. The maximum atomic E-state index is 9.84. The lowest BCUT2D eigenvalue weighted by Crippen LogP contribution is -2.44. The summed E-state index contributed by atoms with van der Waals surface area (Å²) in [6, 6.07) is 11.8. The van der Waals surface area contributed by atoms with Crippen LogP contribution in [-0.2, 0) is 12.1 Å². The van der Waals surface area contributed by atoms with Crippen LogP contribution in [0.25, 0.3) is 0 Å². The van der Waals surface area contributed by atoms with Crippen LogP contribution in [0.1, 0.15) is 23.8 Å². The minimum atomic E-state index is -0.408. The van der Waals surface area contributed by atoms with Crippen LogP contribution in [0.5, 0.6) is 0 Å². The summed E-state index contributed by atoms with van der Waals surface area (Å²) in [5.41, 5.74) is 0.660. The molecule has 0 saturated heterocycles. The molecule has 19 heavy (non-hydrogen) atoms. The van der Waals surface area contributed by atoms with Crippen LogP contribution in [0.15, 0.2) is 41.8 Å². The molecule has 2 N–H and O–H groups in total. The van der Waals surface area contributed by atoms with Crippen LogP contribution in [0, 0.1) is 0 Å². The van der Waals surface area contributed by atoms with E-state index in [1.54, 1.807) is 11.3 Å². The summed E-state index contributed by atoms with van der Waals surface area (Å²) in [5, 5.41) is 16.1. The van der Waals surface area contributed by atoms with Crippen molar-refractivity contribution < 1.29 is 5.11 Å². The van der Waals surface area contributed by atoms with E-state index in [2.05, 4.69) is 23.7 Å². The predicted octanol–water partition coefficient (Wildman–Crippen LogP) is 3.79. The van der Waals surface area contributed by atoms with Gasteiger partial charge in [-0.3, -0.25) is 0 Å². The topological polar surface area (TPSA) is 32.3 Å². The average Bonchev–Trinajstić information content (AvgIpc) is 2.95. The lowest BCUT2D eigenvalue weighted by molar-refractivity contribution is 0.154. The first-order valence-electron chi connectivity index (χ1n) is 6.34. The molecule has 0 aliphatic heterocycles. The van der Waals surface area contributed by atoms with Gasteiger partial charge < -0.3 is 10.4 Å². The van der Waals surface area contributed by atoms with Crippen molar-refractivity contribution in [1.82, 2.24) is 5.32 Å². The number of nitrogens with one attached hydrogen (secondary N) is 1. The Morgan fingerprint density at radius 2 is 2.00 bits per heavy atom. The number of aliphatic hydroxyl groups excluding tert-OH is 1. The fourth-order valence-corrected chi connectivity index (χ4v) is 2.90. The highest BCUT2D eigenvalue weighted by Gasteiger charge is 2.28. The Bertz CT molecular complexity index is 491. The Balaban J connectivity index is 2.19. The van der Waals surface area contributed by atoms with E-state index >= 15 is 0 Å². The molecule has 102 valence electrons. The van der Waals surface area contributed by atoms with Crippen molar-refractivity contribution in [2.24, 2.45) is 0 Å². The Labute approximate surface area is 123 Å². The Morgan fingerprint density at radius 1 is 1.26 bits per heavy atom. The minimum absolute atomic E-state index is 0.0660. The molecule has 0 aliphatic rings. The van der Waals surface area contributed by atoms with Crippen LogP contribution in [0.3, 0.4) is 0 Å². The van der Waals surface area contributed by atoms with Gasteiger partial charge in [-0.2, -0.15) is 0 Å². The highest BCUT2D eigenvalue weighted by atomic mass is 35.5. The first kappa shape index (κ1) is 14.5. The third-order valence-electron chi connectivity index (χ3n) is 3.45. The van der Waals surface area contributed by atoms with E-state index in [1.807, 2.05) is 30.3 Å². The Hall–Kier alpha value is -0.870. The lowest BCUT2D eigenvalue weighted by Gasteiger charge is -2.32. The second-order valence-electron chi connectivity index (χ2n) is 4.53. The molecule has 0 bridgehead atoms. The molecule has 0 spiro atoms. The van der Waals surface area contributed by atoms with Crippen LogP contribution >= 0.6 is 22.9 Å². The fourth-order valence-electron chi connectivity index (χ4n) is 2.13. The molecule has 0 fully saturated rings. The van der Waals surface area contributed by atoms with Crippen molar-refractivity contribution in [2.75, 3.05) is 6.61 Å². The third-order valence-corrected chi connectivity index (χ3v) is 4.58. The zero-order chi connectivity index (χ0) is 13.7. The van der Waals surface area contributed by atoms with E-state index < -0.39 is 5.54 Å². The summed E-state index contributed by atoms with van der Waals surface area (Å²) in [7, 11) is 0. The minimum Gasteiger partial charge on any atom is -0.394 e. The molecule has 0 saturated carbocycles. The molecule has 0 amide bonds. The number of thiophene rings is 1. The van der Waals surface area contributed by atoms with Gasteiger partial charge in [0, 0.05) is 16.4 Å². The fraction of sp³-hybridized carbons (Fsp3) is 0.333. The van der Waals surface area contributed by atoms with E-state index in [1.165, 1.54) is 4.88 Å².